The highest BCUT2D eigenvalue weighted by atomic mass is 32.2. The van der Waals surface area contributed by atoms with Crippen molar-refractivity contribution in [1.82, 2.24) is 14.8 Å². The fourth-order valence-electron chi connectivity index (χ4n) is 2.56. The number of aromatic nitrogens is 3. The van der Waals surface area contributed by atoms with E-state index in [1.54, 1.807) is 18.2 Å². The summed E-state index contributed by atoms with van der Waals surface area (Å²) in [6.45, 7) is 2.79. The molecule has 6 nitrogen and oxygen atoms in total. The lowest BCUT2D eigenvalue weighted by Crippen LogP contribution is -2.09. The number of nitrogens with zero attached hydrogens (tertiary/aromatic N) is 4. The molecule has 0 radical (unpaired) electrons. The molecule has 0 saturated carbocycles. The van der Waals surface area contributed by atoms with E-state index in [0.29, 0.717) is 22.8 Å². The molecule has 0 aliphatic heterocycles. The molecule has 0 aliphatic rings. The van der Waals surface area contributed by atoms with Crippen LogP contribution in [0.3, 0.4) is 0 Å². The highest BCUT2D eigenvalue weighted by molar-refractivity contribution is 7.99. The summed E-state index contributed by atoms with van der Waals surface area (Å²) in [5.41, 5.74) is 2.19. The minimum atomic E-state index is -0.361. The smallest absolute Gasteiger partial charge is 0.316 e. The van der Waals surface area contributed by atoms with Gasteiger partial charge in [0.05, 0.1) is 17.4 Å². The summed E-state index contributed by atoms with van der Waals surface area (Å²) in [5, 5.41) is 18.2. The van der Waals surface area contributed by atoms with Crippen LogP contribution in [0.1, 0.15) is 18.1 Å². The second-order valence-electron chi connectivity index (χ2n) is 5.63. The predicted octanol–water partition coefficient (Wildman–Crippen LogP) is 3.67. The van der Waals surface area contributed by atoms with Crippen LogP contribution in [0.15, 0.2) is 59.8 Å². The molecule has 3 rings (SSSR count). The molecule has 0 aliphatic carbocycles. The van der Waals surface area contributed by atoms with Crippen molar-refractivity contribution in [1.29, 1.82) is 5.26 Å². The minimum Gasteiger partial charge on any atom is -0.460 e. The summed E-state index contributed by atoms with van der Waals surface area (Å²) in [5.74, 6) is 0.540. The normalized spacial score (nSPS) is 10.4. The third-order valence-electron chi connectivity index (χ3n) is 3.91. The van der Waals surface area contributed by atoms with Crippen molar-refractivity contribution in [2.75, 3.05) is 5.75 Å². The molecule has 0 spiro atoms. The summed E-state index contributed by atoms with van der Waals surface area (Å²) in [4.78, 5) is 12.1. The lowest BCUT2D eigenvalue weighted by atomic mass is 10.1. The van der Waals surface area contributed by atoms with E-state index in [9.17, 15) is 4.79 Å². The second kappa shape index (κ2) is 9.01. The van der Waals surface area contributed by atoms with Crippen LogP contribution >= 0.6 is 11.8 Å². The van der Waals surface area contributed by atoms with Crippen LogP contribution < -0.4 is 0 Å². The third-order valence-corrected chi connectivity index (χ3v) is 4.85. The summed E-state index contributed by atoms with van der Waals surface area (Å²) in [6, 6.07) is 19.0. The molecule has 27 heavy (non-hydrogen) atoms. The molecule has 0 amide bonds. The zero-order chi connectivity index (χ0) is 19.1. The Kier molecular flexibility index (Phi) is 6.23. The molecule has 3 aromatic rings. The number of benzene rings is 2. The maximum Gasteiger partial charge on any atom is 0.316 e. The van der Waals surface area contributed by atoms with Crippen molar-refractivity contribution in [3.8, 4) is 17.5 Å². The molecule has 0 fully saturated rings. The van der Waals surface area contributed by atoms with Crippen molar-refractivity contribution < 1.29 is 9.53 Å². The Bertz CT molecular complexity index is 964. The summed E-state index contributed by atoms with van der Waals surface area (Å²) >= 11 is 1.29. The Morgan fingerprint density at radius 1 is 1.15 bits per heavy atom. The van der Waals surface area contributed by atoms with Gasteiger partial charge in [-0.25, -0.2) is 0 Å². The van der Waals surface area contributed by atoms with Gasteiger partial charge < -0.3 is 9.30 Å². The van der Waals surface area contributed by atoms with Gasteiger partial charge in [-0.05, 0) is 13.0 Å². The Labute approximate surface area is 161 Å². The monoisotopic (exact) mass is 378 g/mol. The second-order valence-corrected chi connectivity index (χ2v) is 6.58. The van der Waals surface area contributed by atoms with Gasteiger partial charge in [0, 0.05) is 17.7 Å². The standard InChI is InChI=1S/C20H18N4O2S/c1-2-24-19(15-8-4-3-5-9-15)22-23-20(24)27-14-18(25)26-13-17-11-7-6-10-16(17)12-21/h3-11H,2,13-14H2,1H3. The van der Waals surface area contributed by atoms with Crippen LogP contribution in [-0.2, 0) is 22.7 Å². The fourth-order valence-corrected chi connectivity index (χ4v) is 3.36. The molecule has 0 N–H and O–H groups in total. The number of carbonyl (C=O) groups is 1. The summed E-state index contributed by atoms with van der Waals surface area (Å²) in [7, 11) is 0. The number of esters is 1. The first-order valence-electron chi connectivity index (χ1n) is 8.48. The van der Waals surface area contributed by atoms with Gasteiger partial charge in [-0.15, -0.1) is 10.2 Å². The molecule has 1 heterocycles. The van der Waals surface area contributed by atoms with Gasteiger partial charge in [-0.2, -0.15) is 5.26 Å². The molecule has 1 aromatic heterocycles. The molecule has 136 valence electrons. The van der Waals surface area contributed by atoms with Gasteiger partial charge in [-0.1, -0.05) is 60.3 Å². The van der Waals surface area contributed by atoms with Crippen LogP contribution in [0.2, 0.25) is 0 Å². The van der Waals surface area contributed by atoms with Crippen molar-refractivity contribution in [2.24, 2.45) is 0 Å². The molecule has 0 atom stereocenters. The number of carbonyl (C=O) groups excluding carboxylic acids is 1. The van der Waals surface area contributed by atoms with Gasteiger partial charge in [0.25, 0.3) is 0 Å². The number of thioether (sulfide) groups is 1. The number of nitriles is 1. The Hall–Kier alpha value is -3.11. The lowest BCUT2D eigenvalue weighted by molar-refractivity contribution is -0.141. The van der Waals surface area contributed by atoms with Crippen LogP contribution in [0.25, 0.3) is 11.4 Å². The van der Waals surface area contributed by atoms with Crippen LogP contribution in [0.4, 0.5) is 0 Å². The van der Waals surface area contributed by atoms with Crippen molar-refractivity contribution in [2.45, 2.75) is 25.2 Å². The minimum absolute atomic E-state index is 0.0822. The molecular formula is C20H18N4O2S. The van der Waals surface area contributed by atoms with Crippen LogP contribution in [0.5, 0.6) is 0 Å². The molecular weight excluding hydrogens is 360 g/mol. The maximum atomic E-state index is 12.1. The zero-order valence-electron chi connectivity index (χ0n) is 14.8. The maximum absolute atomic E-state index is 12.1. The van der Waals surface area contributed by atoms with Crippen LogP contribution in [0, 0.1) is 11.3 Å². The van der Waals surface area contributed by atoms with E-state index in [1.165, 1.54) is 11.8 Å². The fraction of sp³-hybridized carbons (Fsp3) is 0.200. The van der Waals surface area contributed by atoms with E-state index in [2.05, 4.69) is 16.3 Å². The van der Waals surface area contributed by atoms with Gasteiger partial charge in [0.1, 0.15) is 6.61 Å². The van der Waals surface area contributed by atoms with E-state index >= 15 is 0 Å². The quantitative estimate of drug-likeness (QED) is 0.461. The third kappa shape index (κ3) is 4.54. The zero-order valence-corrected chi connectivity index (χ0v) is 15.6. The van der Waals surface area contributed by atoms with Gasteiger partial charge in [-0.3, -0.25) is 4.79 Å². The Morgan fingerprint density at radius 2 is 1.89 bits per heavy atom. The average molecular weight is 378 g/mol. The summed E-state index contributed by atoms with van der Waals surface area (Å²) < 4.78 is 7.26. The molecule has 0 unspecified atom stereocenters. The van der Waals surface area contributed by atoms with E-state index in [1.807, 2.05) is 47.9 Å². The van der Waals surface area contributed by atoms with E-state index in [0.717, 1.165) is 11.4 Å². The van der Waals surface area contributed by atoms with Crippen molar-refractivity contribution >= 4 is 17.7 Å². The van der Waals surface area contributed by atoms with E-state index < -0.39 is 0 Å². The predicted molar refractivity (Wildman–Crippen MR) is 103 cm³/mol. The Morgan fingerprint density at radius 3 is 2.63 bits per heavy atom. The number of rotatable bonds is 7. The topological polar surface area (TPSA) is 80.8 Å². The van der Waals surface area contributed by atoms with Crippen molar-refractivity contribution in [3.05, 3.63) is 65.7 Å². The molecule has 0 bridgehead atoms. The number of hydrogen-bond acceptors (Lipinski definition) is 6. The van der Waals surface area contributed by atoms with Gasteiger partial charge >= 0.3 is 5.97 Å². The van der Waals surface area contributed by atoms with Gasteiger partial charge in [0.15, 0.2) is 11.0 Å². The first-order valence-corrected chi connectivity index (χ1v) is 9.46. The first kappa shape index (κ1) is 18.7. The average Bonchev–Trinajstić information content (AvgIpc) is 3.14. The lowest BCUT2D eigenvalue weighted by Gasteiger charge is -2.08. The summed E-state index contributed by atoms with van der Waals surface area (Å²) in [6.07, 6.45) is 0. The SMILES string of the molecule is CCn1c(SCC(=O)OCc2ccccc2C#N)nnc1-c1ccccc1. The molecule has 0 saturated heterocycles. The first-order chi connectivity index (χ1) is 13.2. The largest absolute Gasteiger partial charge is 0.460 e. The van der Waals surface area contributed by atoms with E-state index in [-0.39, 0.29) is 18.3 Å². The highest BCUT2D eigenvalue weighted by Gasteiger charge is 2.15. The number of ether oxygens (including phenoxy) is 1. The van der Waals surface area contributed by atoms with E-state index in [4.69, 9.17) is 10.00 Å². The Balaban J connectivity index is 1.61. The number of hydrogen-bond donors (Lipinski definition) is 0. The van der Waals surface area contributed by atoms with Crippen LogP contribution in [-0.4, -0.2) is 26.5 Å². The van der Waals surface area contributed by atoms with Gasteiger partial charge in [0.2, 0.25) is 0 Å². The van der Waals surface area contributed by atoms with Crippen molar-refractivity contribution in [3.63, 3.8) is 0 Å². The highest BCUT2D eigenvalue weighted by Crippen LogP contribution is 2.24. The molecule has 7 heteroatoms. The molecule has 2 aromatic carbocycles.